The molecule has 3 aromatic rings. The second kappa shape index (κ2) is 13.1. The van der Waals surface area contributed by atoms with E-state index in [2.05, 4.69) is 21.2 Å². The summed E-state index contributed by atoms with van der Waals surface area (Å²) < 4.78 is 16.4. The van der Waals surface area contributed by atoms with Crippen molar-refractivity contribution in [2.45, 2.75) is 13.8 Å². The van der Waals surface area contributed by atoms with E-state index in [9.17, 15) is 9.59 Å². The molecule has 9 heteroatoms. The van der Waals surface area contributed by atoms with Gasteiger partial charge in [-0.25, -0.2) is 0 Å². The Morgan fingerprint density at radius 2 is 1.30 bits per heavy atom. The molecule has 0 spiro atoms. The topological polar surface area (TPSA) is 83.6 Å². The molecule has 0 atom stereocenters. The van der Waals surface area contributed by atoms with E-state index in [1.54, 1.807) is 36.3 Å². The van der Waals surface area contributed by atoms with E-state index < -0.39 is 0 Å². The van der Waals surface area contributed by atoms with Crippen LogP contribution in [0.15, 0.2) is 60.7 Å². The Bertz CT molecular complexity index is 1310. The first-order valence-electron chi connectivity index (χ1n) is 13.5. The van der Waals surface area contributed by atoms with Crippen LogP contribution in [0.2, 0.25) is 0 Å². The Morgan fingerprint density at radius 3 is 1.88 bits per heavy atom. The molecule has 1 aliphatic rings. The van der Waals surface area contributed by atoms with Gasteiger partial charge in [0.25, 0.3) is 11.8 Å². The molecule has 3 aromatic carbocycles. The highest BCUT2D eigenvalue weighted by Crippen LogP contribution is 2.33. The maximum atomic E-state index is 13.7. The highest BCUT2D eigenvalue weighted by molar-refractivity contribution is 6.09. The van der Waals surface area contributed by atoms with Crippen LogP contribution in [-0.2, 0) is 0 Å². The van der Waals surface area contributed by atoms with Crippen molar-refractivity contribution >= 4 is 28.9 Å². The Kier molecular flexibility index (Phi) is 9.37. The number of nitrogens with one attached hydrogen (secondary N) is 1. The van der Waals surface area contributed by atoms with Gasteiger partial charge in [-0.3, -0.25) is 9.59 Å². The lowest BCUT2D eigenvalue weighted by molar-refractivity contribution is 0.0773. The molecule has 0 aliphatic carbocycles. The zero-order valence-electron chi connectivity index (χ0n) is 23.9. The molecule has 1 N–H and O–H groups in total. The summed E-state index contributed by atoms with van der Waals surface area (Å²) in [4.78, 5) is 33.3. The minimum absolute atomic E-state index is 0.0712. The maximum Gasteiger partial charge on any atom is 0.263 e. The normalized spacial score (nSPS) is 13.0. The summed E-state index contributed by atoms with van der Waals surface area (Å²) in [7, 11) is 4.70. The van der Waals surface area contributed by atoms with Crippen molar-refractivity contribution < 1.29 is 23.8 Å². The molecule has 212 valence electrons. The van der Waals surface area contributed by atoms with Gasteiger partial charge in [0, 0.05) is 50.6 Å². The van der Waals surface area contributed by atoms with Crippen molar-refractivity contribution in [1.82, 2.24) is 4.90 Å². The van der Waals surface area contributed by atoms with E-state index in [1.165, 1.54) is 14.2 Å². The Balaban J connectivity index is 1.62. The number of benzene rings is 3. The van der Waals surface area contributed by atoms with Crippen LogP contribution in [0.3, 0.4) is 0 Å². The number of hydrogen-bond donors (Lipinski definition) is 1. The van der Waals surface area contributed by atoms with Crippen LogP contribution in [-0.4, -0.2) is 77.3 Å². The summed E-state index contributed by atoms with van der Waals surface area (Å²) in [5.41, 5.74) is 3.28. The van der Waals surface area contributed by atoms with Crippen molar-refractivity contribution in [3.63, 3.8) is 0 Å². The molecule has 0 radical (unpaired) electrons. The Labute approximate surface area is 236 Å². The van der Waals surface area contributed by atoms with E-state index in [-0.39, 0.29) is 11.8 Å². The molecule has 1 heterocycles. The number of carbonyl (C=O) groups excluding carboxylic acids is 2. The number of anilines is 3. The van der Waals surface area contributed by atoms with Gasteiger partial charge in [-0.2, -0.15) is 0 Å². The molecule has 1 saturated heterocycles. The third-order valence-electron chi connectivity index (χ3n) is 7.24. The van der Waals surface area contributed by atoms with Crippen molar-refractivity contribution in [3.8, 4) is 17.2 Å². The molecular weight excluding hydrogens is 508 g/mol. The molecular formula is C31H38N4O5. The van der Waals surface area contributed by atoms with Gasteiger partial charge in [0.1, 0.15) is 22.8 Å². The minimum atomic E-state index is -0.381. The Morgan fingerprint density at radius 1 is 0.750 bits per heavy atom. The number of amides is 2. The van der Waals surface area contributed by atoms with Crippen LogP contribution in [0.5, 0.6) is 17.2 Å². The molecule has 0 saturated carbocycles. The largest absolute Gasteiger partial charge is 0.496 e. The van der Waals surface area contributed by atoms with Gasteiger partial charge in [0.05, 0.1) is 32.6 Å². The summed E-state index contributed by atoms with van der Waals surface area (Å²) >= 11 is 0. The lowest BCUT2D eigenvalue weighted by atomic mass is 10.1. The fourth-order valence-corrected chi connectivity index (χ4v) is 5.09. The maximum absolute atomic E-state index is 13.7. The number of ether oxygens (including phenoxy) is 3. The second-order valence-corrected chi connectivity index (χ2v) is 9.35. The quantitative estimate of drug-likeness (QED) is 0.392. The molecule has 2 amide bonds. The first-order chi connectivity index (χ1) is 19.4. The first kappa shape index (κ1) is 28.6. The lowest BCUT2D eigenvalue weighted by Gasteiger charge is -2.38. The summed E-state index contributed by atoms with van der Waals surface area (Å²) in [5.74, 6) is 1.20. The predicted molar refractivity (Wildman–Crippen MR) is 159 cm³/mol. The second-order valence-electron chi connectivity index (χ2n) is 9.35. The Hall–Kier alpha value is -4.40. The van der Waals surface area contributed by atoms with Crippen LogP contribution in [0.4, 0.5) is 17.1 Å². The molecule has 0 bridgehead atoms. The smallest absolute Gasteiger partial charge is 0.263 e. The summed E-state index contributed by atoms with van der Waals surface area (Å²) in [6.45, 7) is 8.15. The monoisotopic (exact) mass is 546 g/mol. The van der Waals surface area contributed by atoms with Crippen LogP contribution >= 0.6 is 0 Å². The predicted octanol–water partition coefficient (Wildman–Crippen LogP) is 4.77. The van der Waals surface area contributed by atoms with Gasteiger partial charge in [-0.15, -0.1) is 0 Å². The summed E-state index contributed by atoms with van der Waals surface area (Å²) in [5, 5.41) is 2.94. The van der Waals surface area contributed by atoms with Gasteiger partial charge in [-0.05, 0) is 56.3 Å². The van der Waals surface area contributed by atoms with E-state index in [4.69, 9.17) is 14.2 Å². The van der Waals surface area contributed by atoms with Crippen molar-refractivity contribution in [1.29, 1.82) is 0 Å². The third kappa shape index (κ3) is 5.93. The average molecular weight is 547 g/mol. The molecule has 4 rings (SSSR count). The number of carbonyl (C=O) groups is 2. The highest BCUT2D eigenvalue weighted by atomic mass is 16.5. The number of hydrogen-bond acceptors (Lipinski definition) is 7. The molecule has 1 fully saturated rings. The van der Waals surface area contributed by atoms with Gasteiger partial charge >= 0.3 is 0 Å². The molecule has 40 heavy (non-hydrogen) atoms. The number of rotatable bonds is 10. The van der Waals surface area contributed by atoms with E-state index in [1.807, 2.05) is 44.2 Å². The lowest BCUT2D eigenvalue weighted by Crippen LogP contribution is -2.47. The van der Waals surface area contributed by atoms with Gasteiger partial charge in [-0.1, -0.05) is 18.2 Å². The van der Waals surface area contributed by atoms with E-state index in [0.717, 1.165) is 43.3 Å². The first-order valence-corrected chi connectivity index (χ1v) is 13.5. The van der Waals surface area contributed by atoms with Gasteiger partial charge in [0.15, 0.2) is 0 Å². The van der Waals surface area contributed by atoms with Crippen LogP contribution in [0.25, 0.3) is 0 Å². The molecule has 1 aliphatic heterocycles. The van der Waals surface area contributed by atoms with E-state index >= 15 is 0 Å². The zero-order chi connectivity index (χ0) is 28.6. The fourth-order valence-electron chi connectivity index (χ4n) is 5.09. The van der Waals surface area contributed by atoms with E-state index in [0.29, 0.717) is 41.4 Å². The van der Waals surface area contributed by atoms with Gasteiger partial charge in [0.2, 0.25) is 0 Å². The fraction of sp³-hybridized carbons (Fsp3) is 0.355. The number of para-hydroxylation sites is 2. The molecule has 9 nitrogen and oxygen atoms in total. The van der Waals surface area contributed by atoms with Crippen LogP contribution < -0.4 is 29.3 Å². The van der Waals surface area contributed by atoms with Crippen LogP contribution in [0, 0.1) is 0 Å². The number of piperazine rings is 1. The zero-order valence-corrected chi connectivity index (χ0v) is 23.9. The summed E-state index contributed by atoms with van der Waals surface area (Å²) in [6, 6.07) is 18.7. The van der Waals surface area contributed by atoms with Crippen molar-refractivity contribution in [2.75, 3.05) is 75.7 Å². The molecule has 0 aromatic heterocycles. The van der Waals surface area contributed by atoms with Gasteiger partial charge < -0.3 is 34.2 Å². The SMILES string of the molecule is CCN(CC)C(=O)c1cc(NC(=O)c2c(OC)cccc2OC)ccc1N1CCN(c2ccccc2OC)CC1. The molecule has 0 unspecified atom stereocenters. The van der Waals surface area contributed by atoms with Crippen LogP contribution in [0.1, 0.15) is 34.6 Å². The highest BCUT2D eigenvalue weighted by Gasteiger charge is 2.26. The minimum Gasteiger partial charge on any atom is -0.496 e. The standard InChI is InChI=1S/C31H38N4O5/c1-6-33(7-2)31(37)23-21-22(32-30(36)29-27(39-4)13-10-14-28(29)40-5)15-16-24(23)34-17-19-35(20-18-34)25-11-8-9-12-26(25)38-3/h8-16,21H,6-7,17-20H2,1-5H3,(H,32,36). The third-order valence-corrected chi connectivity index (χ3v) is 7.24. The summed E-state index contributed by atoms with van der Waals surface area (Å²) in [6.07, 6.45) is 0. The number of nitrogens with zero attached hydrogens (tertiary/aromatic N) is 3. The van der Waals surface area contributed by atoms with Crippen molar-refractivity contribution in [2.24, 2.45) is 0 Å². The van der Waals surface area contributed by atoms with Crippen molar-refractivity contribution in [3.05, 3.63) is 71.8 Å². The average Bonchev–Trinajstić information content (AvgIpc) is 3.01. The number of methoxy groups -OCH3 is 3.